The summed E-state index contributed by atoms with van der Waals surface area (Å²) in [6.45, 7) is 0. The summed E-state index contributed by atoms with van der Waals surface area (Å²) in [4.78, 5) is 0. The largest absolute Gasteiger partial charge is 0.342 e. The van der Waals surface area contributed by atoms with Crippen molar-refractivity contribution in [2.45, 2.75) is 6.04 Å². The summed E-state index contributed by atoms with van der Waals surface area (Å²) in [5.74, 6) is 0.633. The maximum absolute atomic E-state index is 6.14. The second kappa shape index (κ2) is 4.31. The normalized spacial score (nSPS) is 16.1. The molecule has 0 amide bonds. The van der Waals surface area contributed by atoms with Gasteiger partial charge in [-0.2, -0.15) is 4.68 Å². The second-order valence-corrected chi connectivity index (χ2v) is 5.04. The van der Waals surface area contributed by atoms with E-state index >= 15 is 0 Å². The number of nitrogens with one attached hydrogen (secondary N) is 1. The third-order valence-corrected chi connectivity index (χ3v) is 3.64. The van der Waals surface area contributed by atoms with E-state index in [9.17, 15) is 0 Å². The van der Waals surface area contributed by atoms with Crippen LogP contribution in [0, 0.1) is 0 Å². The Hall–Kier alpha value is -2.40. The van der Waals surface area contributed by atoms with Crippen LogP contribution in [0.3, 0.4) is 0 Å². The first-order valence-corrected chi connectivity index (χ1v) is 6.60. The molecule has 0 radical (unpaired) electrons. The molecule has 1 aromatic heterocycles. The standard InChI is InChI=1S/C14H10ClN5/c15-10-6-7-12-11(8-10)13(9-4-2-1-3-5-9)16-14-17-18-19-20(12)14/h1-8,13H,(H,16,17,19). The first-order chi connectivity index (χ1) is 9.83. The summed E-state index contributed by atoms with van der Waals surface area (Å²) >= 11 is 6.14. The van der Waals surface area contributed by atoms with Crippen molar-refractivity contribution in [1.82, 2.24) is 20.2 Å². The highest BCUT2D eigenvalue weighted by atomic mass is 35.5. The number of hydrogen-bond donors (Lipinski definition) is 1. The van der Waals surface area contributed by atoms with E-state index in [-0.39, 0.29) is 6.04 Å². The molecular formula is C14H10ClN5. The minimum Gasteiger partial charge on any atom is -0.342 e. The van der Waals surface area contributed by atoms with Crippen LogP contribution < -0.4 is 5.32 Å². The molecule has 20 heavy (non-hydrogen) atoms. The Bertz CT molecular complexity index is 768. The van der Waals surface area contributed by atoms with Crippen LogP contribution in [-0.2, 0) is 0 Å². The Morgan fingerprint density at radius 2 is 1.95 bits per heavy atom. The van der Waals surface area contributed by atoms with Gasteiger partial charge in [-0.05, 0) is 34.2 Å². The van der Waals surface area contributed by atoms with Crippen LogP contribution in [0.5, 0.6) is 0 Å². The third kappa shape index (κ3) is 1.67. The zero-order valence-electron chi connectivity index (χ0n) is 10.4. The molecule has 0 bridgehead atoms. The summed E-state index contributed by atoms with van der Waals surface area (Å²) in [5, 5.41) is 15.8. The summed E-state index contributed by atoms with van der Waals surface area (Å²) in [7, 11) is 0. The molecule has 6 heteroatoms. The Labute approximate surface area is 120 Å². The van der Waals surface area contributed by atoms with Gasteiger partial charge in [0, 0.05) is 10.6 Å². The molecule has 1 aliphatic rings. The van der Waals surface area contributed by atoms with Crippen LogP contribution >= 0.6 is 11.6 Å². The molecule has 0 aliphatic carbocycles. The molecule has 4 rings (SSSR count). The van der Waals surface area contributed by atoms with Gasteiger partial charge in [0.1, 0.15) is 0 Å². The second-order valence-electron chi connectivity index (χ2n) is 4.61. The van der Waals surface area contributed by atoms with Crippen LogP contribution in [0.1, 0.15) is 17.2 Å². The summed E-state index contributed by atoms with van der Waals surface area (Å²) in [6, 6.07) is 15.9. The molecule has 0 saturated carbocycles. The number of benzene rings is 2. The van der Waals surface area contributed by atoms with Crippen LogP contribution in [-0.4, -0.2) is 20.2 Å². The van der Waals surface area contributed by atoms with Crippen molar-refractivity contribution in [2.24, 2.45) is 0 Å². The van der Waals surface area contributed by atoms with Crippen molar-refractivity contribution < 1.29 is 0 Å². The Kier molecular flexibility index (Phi) is 2.47. The van der Waals surface area contributed by atoms with E-state index in [0.29, 0.717) is 11.0 Å². The van der Waals surface area contributed by atoms with Crippen LogP contribution in [0.2, 0.25) is 5.02 Å². The van der Waals surface area contributed by atoms with E-state index in [1.807, 2.05) is 36.4 Å². The Balaban J connectivity index is 1.94. The van der Waals surface area contributed by atoms with E-state index in [2.05, 4.69) is 33.0 Å². The van der Waals surface area contributed by atoms with E-state index in [0.717, 1.165) is 16.8 Å². The average Bonchev–Trinajstić information content (AvgIpc) is 2.95. The zero-order chi connectivity index (χ0) is 13.5. The van der Waals surface area contributed by atoms with Crippen molar-refractivity contribution in [1.29, 1.82) is 0 Å². The van der Waals surface area contributed by atoms with E-state index in [1.54, 1.807) is 4.68 Å². The number of tetrazole rings is 1. The fraction of sp³-hybridized carbons (Fsp3) is 0.0714. The first kappa shape index (κ1) is 11.4. The first-order valence-electron chi connectivity index (χ1n) is 6.22. The molecule has 1 unspecified atom stereocenters. The van der Waals surface area contributed by atoms with Gasteiger partial charge in [-0.3, -0.25) is 0 Å². The number of hydrogen-bond acceptors (Lipinski definition) is 4. The predicted octanol–water partition coefficient (Wildman–Crippen LogP) is 2.83. The van der Waals surface area contributed by atoms with Crippen LogP contribution in [0.25, 0.3) is 5.69 Å². The highest BCUT2D eigenvalue weighted by molar-refractivity contribution is 6.30. The van der Waals surface area contributed by atoms with Gasteiger partial charge in [0.25, 0.3) is 0 Å². The van der Waals surface area contributed by atoms with Crippen molar-refractivity contribution >= 4 is 17.5 Å². The van der Waals surface area contributed by atoms with E-state index in [4.69, 9.17) is 11.6 Å². The summed E-state index contributed by atoms with van der Waals surface area (Å²) in [6.07, 6.45) is 0. The minimum atomic E-state index is -0.0107. The average molecular weight is 284 g/mol. The molecular weight excluding hydrogens is 274 g/mol. The highest BCUT2D eigenvalue weighted by Gasteiger charge is 2.27. The van der Waals surface area contributed by atoms with Gasteiger partial charge in [-0.25, -0.2) is 0 Å². The number of rotatable bonds is 1. The Morgan fingerprint density at radius 3 is 2.80 bits per heavy atom. The molecule has 3 aromatic rings. The van der Waals surface area contributed by atoms with Gasteiger partial charge >= 0.3 is 0 Å². The lowest BCUT2D eigenvalue weighted by Crippen LogP contribution is -2.23. The molecule has 2 aromatic carbocycles. The predicted molar refractivity (Wildman–Crippen MR) is 76.1 cm³/mol. The number of aromatic nitrogens is 4. The fourth-order valence-electron chi connectivity index (χ4n) is 2.50. The maximum atomic E-state index is 6.14. The molecule has 5 nitrogen and oxygen atoms in total. The van der Waals surface area contributed by atoms with Gasteiger partial charge in [0.15, 0.2) is 0 Å². The van der Waals surface area contributed by atoms with Gasteiger partial charge in [0.05, 0.1) is 11.7 Å². The molecule has 98 valence electrons. The molecule has 1 aliphatic heterocycles. The lowest BCUT2D eigenvalue weighted by molar-refractivity contribution is 0.749. The molecule has 1 atom stereocenters. The smallest absolute Gasteiger partial charge is 0.248 e. The fourth-order valence-corrected chi connectivity index (χ4v) is 2.68. The Morgan fingerprint density at radius 1 is 1.10 bits per heavy atom. The lowest BCUT2D eigenvalue weighted by Gasteiger charge is -2.27. The molecule has 0 spiro atoms. The van der Waals surface area contributed by atoms with Crippen molar-refractivity contribution in [2.75, 3.05) is 5.32 Å². The molecule has 1 N–H and O–H groups in total. The number of fused-ring (bicyclic) bond motifs is 3. The minimum absolute atomic E-state index is 0.0107. The van der Waals surface area contributed by atoms with Crippen LogP contribution in [0.15, 0.2) is 48.5 Å². The van der Waals surface area contributed by atoms with E-state index in [1.165, 1.54) is 0 Å². The number of nitrogens with zero attached hydrogens (tertiary/aromatic N) is 4. The van der Waals surface area contributed by atoms with Gasteiger partial charge < -0.3 is 5.32 Å². The van der Waals surface area contributed by atoms with Crippen molar-refractivity contribution in [3.05, 3.63) is 64.7 Å². The monoisotopic (exact) mass is 283 g/mol. The third-order valence-electron chi connectivity index (χ3n) is 3.40. The van der Waals surface area contributed by atoms with Gasteiger partial charge in [-0.1, -0.05) is 47.0 Å². The molecule has 0 fully saturated rings. The quantitative estimate of drug-likeness (QED) is 0.746. The van der Waals surface area contributed by atoms with Crippen LogP contribution in [0.4, 0.5) is 5.95 Å². The van der Waals surface area contributed by atoms with Gasteiger partial charge in [-0.15, -0.1) is 0 Å². The van der Waals surface area contributed by atoms with Crippen molar-refractivity contribution in [3.8, 4) is 5.69 Å². The number of anilines is 1. The summed E-state index contributed by atoms with van der Waals surface area (Å²) in [5.41, 5.74) is 3.15. The number of halogens is 1. The highest BCUT2D eigenvalue weighted by Crippen LogP contribution is 2.36. The molecule has 0 saturated heterocycles. The van der Waals surface area contributed by atoms with Gasteiger partial charge in [0.2, 0.25) is 5.95 Å². The molecule has 2 heterocycles. The van der Waals surface area contributed by atoms with Crippen molar-refractivity contribution in [3.63, 3.8) is 0 Å². The SMILES string of the molecule is Clc1ccc2c(c1)C(c1ccccc1)Nc1nnnn1-2. The topological polar surface area (TPSA) is 55.6 Å². The lowest BCUT2D eigenvalue weighted by atomic mass is 9.96. The zero-order valence-corrected chi connectivity index (χ0v) is 11.1. The maximum Gasteiger partial charge on any atom is 0.248 e. The van der Waals surface area contributed by atoms with E-state index < -0.39 is 0 Å². The summed E-state index contributed by atoms with van der Waals surface area (Å²) < 4.78 is 1.69.